The van der Waals surface area contributed by atoms with Crippen molar-refractivity contribution in [3.63, 3.8) is 0 Å². The Morgan fingerprint density at radius 2 is 0.246 bits per heavy atom. The number of benzene rings is 9. The van der Waals surface area contributed by atoms with Crippen LogP contribution in [0.2, 0.25) is 0 Å². The van der Waals surface area contributed by atoms with E-state index in [1.807, 2.05) is 0 Å². The molecule has 0 saturated heterocycles. The predicted octanol–water partition coefficient (Wildman–Crippen LogP) is 13.0. The molecule has 0 atom stereocenters. The molecule has 0 aliphatic rings. The summed E-state index contributed by atoms with van der Waals surface area (Å²) in [6, 6.07) is 97.7. The minimum Gasteiger partial charge on any atom is -0.0620 e. The summed E-state index contributed by atoms with van der Waals surface area (Å²) in [4.78, 5) is -4.67. The van der Waals surface area contributed by atoms with E-state index in [9.17, 15) is 0 Å². The maximum atomic E-state index is 2.68. The zero-order valence-corrected chi connectivity index (χ0v) is 44.1. The van der Waals surface area contributed by atoms with Gasteiger partial charge in [-0.05, 0) is 109 Å². The van der Waals surface area contributed by atoms with Crippen LogP contribution in [0.15, 0.2) is 273 Å². The molecule has 0 bridgehead atoms. The van der Waals surface area contributed by atoms with E-state index >= 15 is 0 Å². The summed E-state index contributed by atoms with van der Waals surface area (Å²) >= 11 is 8.05. The van der Waals surface area contributed by atoms with Crippen LogP contribution in [0.25, 0.3) is 0 Å². The van der Waals surface area contributed by atoms with Crippen LogP contribution >= 0.6 is 80.8 Å². The van der Waals surface area contributed by atoms with Gasteiger partial charge in [-0.2, -0.15) is 0 Å². The maximum absolute atomic E-state index is 2.68. The molecule has 1 radical (unpaired) electrons. The van der Waals surface area contributed by atoms with Gasteiger partial charge in [0.15, 0.2) is 80.8 Å². The zero-order chi connectivity index (χ0) is 41.5. The molecule has 9 aromatic rings. The SMILES string of the molecule is I[P+](c1ccccc1)(c1ccccc1)c1ccccc1.I[P+](c1ccccc1)(c1ccccc1)c1ccccc1.I[P+](c1ccccc1)(c1ccccc1)c1ccccc1.[Rh]. The fraction of sp³-hybridized carbons (Fsp3) is 0. The molecule has 0 aliphatic carbocycles. The van der Waals surface area contributed by atoms with Gasteiger partial charge in [-0.25, -0.2) is 0 Å². The molecule has 0 N–H and O–H groups in total. The molecule has 0 saturated carbocycles. The van der Waals surface area contributed by atoms with Gasteiger partial charge in [-0.3, -0.25) is 0 Å². The quantitative estimate of drug-likeness (QED) is 0.0768. The van der Waals surface area contributed by atoms with Crippen LogP contribution in [0.5, 0.6) is 0 Å². The molecule has 0 spiro atoms. The normalized spacial score (nSPS) is 11.1. The molecule has 9 rings (SSSR count). The van der Waals surface area contributed by atoms with Crippen molar-refractivity contribution < 1.29 is 19.5 Å². The summed E-state index contributed by atoms with van der Waals surface area (Å²) in [6.07, 6.45) is 0. The molecule has 0 heterocycles. The van der Waals surface area contributed by atoms with E-state index in [1.54, 1.807) is 0 Å². The van der Waals surface area contributed by atoms with Gasteiger partial charge >= 0.3 is 0 Å². The first kappa shape index (κ1) is 47.6. The van der Waals surface area contributed by atoms with Crippen LogP contribution in [-0.4, -0.2) is 0 Å². The second kappa shape index (κ2) is 23.7. The number of halogens is 3. The monoisotopic (exact) mass is 1270 g/mol. The topological polar surface area (TPSA) is 0 Å². The third-order valence-electron chi connectivity index (χ3n) is 10.0. The maximum Gasteiger partial charge on any atom is 0.173 e. The fourth-order valence-electron chi connectivity index (χ4n) is 7.04. The van der Waals surface area contributed by atoms with Crippen molar-refractivity contribution in [2.24, 2.45) is 0 Å². The van der Waals surface area contributed by atoms with E-state index in [4.69, 9.17) is 0 Å². The minimum absolute atomic E-state index is 0. The first-order chi connectivity index (χ1) is 29.4. The van der Waals surface area contributed by atoms with E-state index in [-0.39, 0.29) is 19.5 Å². The third kappa shape index (κ3) is 11.4. The molecule has 0 nitrogen and oxygen atoms in total. The van der Waals surface area contributed by atoms with Crippen molar-refractivity contribution >= 4 is 129 Å². The Balaban J connectivity index is 0.000000152. The van der Waals surface area contributed by atoms with Crippen LogP contribution in [0.1, 0.15) is 0 Å². The van der Waals surface area contributed by atoms with Crippen molar-refractivity contribution in [2.75, 3.05) is 0 Å². The first-order valence-corrected chi connectivity index (χ1v) is 33.4. The molecule has 0 unspecified atom stereocenters. The summed E-state index contributed by atoms with van der Waals surface area (Å²) < 4.78 is 0. The summed E-state index contributed by atoms with van der Waals surface area (Å²) in [5.74, 6) is 0. The van der Waals surface area contributed by atoms with Gasteiger partial charge in [0.05, 0.1) is 0 Å². The Bertz CT molecular complexity index is 2010. The van der Waals surface area contributed by atoms with Crippen molar-refractivity contribution in [2.45, 2.75) is 0 Å². The number of hydrogen-bond donors (Lipinski definition) is 0. The predicted molar refractivity (Wildman–Crippen MR) is 298 cm³/mol. The standard InChI is InChI=1S/3C18H15IP.Rh/c3*19-20(16-10-4-1-5-11-16,17-12-6-2-7-13-17)18-14-8-3-9-15-18;/h3*1-15H;/q3*+1;. The van der Waals surface area contributed by atoms with Gasteiger partial charge in [-0.1, -0.05) is 164 Å². The van der Waals surface area contributed by atoms with Crippen LogP contribution in [0.3, 0.4) is 0 Å². The van der Waals surface area contributed by atoms with Gasteiger partial charge < -0.3 is 0 Å². The summed E-state index contributed by atoms with van der Waals surface area (Å²) in [5, 5.41) is 12.7. The zero-order valence-electron chi connectivity index (χ0n) is 33.3. The van der Waals surface area contributed by atoms with Gasteiger partial charge in [0.1, 0.15) is 47.7 Å². The molecular weight excluding hydrogens is 1230 g/mol. The van der Waals surface area contributed by atoms with Crippen molar-refractivity contribution in [3.05, 3.63) is 273 Å². The van der Waals surface area contributed by atoms with Gasteiger partial charge in [-0.15, -0.1) is 0 Å². The second-order valence-corrected chi connectivity index (χ2v) is 35.0. The van der Waals surface area contributed by atoms with Crippen molar-refractivity contribution in [3.8, 4) is 0 Å². The third-order valence-corrected chi connectivity index (χ3v) is 34.1. The molecule has 0 amide bonds. The van der Waals surface area contributed by atoms with Crippen LogP contribution in [-0.2, 0) is 19.5 Å². The smallest absolute Gasteiger partial charge is 0.0620 e. The average Bonchev–Trinajstić information content (AvgIpc) is 3.36. The van der Waals surface area contributed by atoms with Gasteiger partial charge in [0, 0.05) is 19.5 Å². The molecular formula is C54H45I3P3Rh+3. The van der Waals surface area contributed by atoms with E-state index in [0.717, 1.165) is 0 Å². The first-order valence-electron chi connectivity index (χ1n) is 19.7. The molecule has 0 fully saturated rings. The Labute approximate surface area is 416 Å². The fourth-order valence-corrected chi connectivity index (χ4v) is 23.7. The van der Waals surface area contributed by atoms with Crippen molar-refractivity contribution in [1.82, 2.24) is 0 Å². The Hall–Kier alpha value is -2.92. The summed E-state index contributed by atoms with van der Waals surface area (Å²) in [5.41, 5.74) is 0. The Morgan fingerprint density at radius 1 is 0.164 bits per heavy atom. The number of rotatable bonds is 9. The molecule has 303 valence electrons. The molecule has 61 heavy (non-hydrogen) atoms. The molecule has 0 aliphatic heterocycles. The van der Waals surface area contributed by atoms with Gasteiger partial charge in [0.2, 0.25) is 0 Å². The van der Waals surface area contributed by atoms with Crippen LogP contribution in [0, 0.1) is 0 Å². The molecule has 7 heteroatoms. The summed E-state index contributed by atoms with van der Waals surface area (Å²) in [6.45, 7) is 0. The van der Waals surface area contributed by atoms with E-state index in [1.165, 1.54) is 47.7 Å². The van der Waals surface area contributed by atoms with Crippen LogP contribution in [0.4, 0.5) is 0 Å². The largest absolute Gasteiger partial charge is 0.173 e. The average molecular weight is 1270 g/mol. The number of hydrogen-bond acceptors (Lipinski definition) is 0. The Kier molecular flexibility index (Phi) is 18.5. The van der Waals surface area contributed by atoms with E-state index in [2.05, 4.69) is 339 Å². The van der Waals surface area contributed by atoms with Crippen molar-refractivity contribution in [1.29, 1.82) is 0 Å². The van der Waals surface area contributed by atoms with Gasteiger partial charge in [0.25, 0.3) is 0 Å². The van der Waals surface area contributed by atoms with Crippen LogP contribution < -0.4 is 47.7 Å². The Morgan fingerprint density at radius 3 is 0.328 bits per heavy atom. The minimum atomic E-state index is -1.56. The second-order valence-electron chi connectivity index (χ2n) is 13.8. The summed E-state index contributed by atoms with van der Waals surface area (Å²) in [7, 11) is 0. The molecule has 0 aromatic heterocycles. The molecule has 9 aromatic carbocycles. The van der Waals surface area contributed by atoms with E-state index in [0.29, 0.717) is 0 Å². The van der Waals surface area contributed by atoms with E-state index < -0.39 is 14.7 Å².